The van der Waals surface area contributed by atoms with Crippen LogP contribution in [-0.2, 0) is 29.1 Å². The summed E-state index contributed by atoms with van der Waals surface area (Å²) >= 11 is 6.54. The van der Waals surface area contributed by atoms with Crippen LogP contribution in [0.5, 0.6) is 0 Å². The number of hydrogen-bond acceptors (Lipinski definition) is 7. The summed E-state index contributed by atoms with van der Waals surface area (Å²) in [4.78, 5) is 17.1. The van der Waals surface area contributed by atoms with Gasteiger partial charge in [-0.25, -0.2) is 4.98 Å². The van der Waals surface area contributed by atoms with Crippen molar-refractivity contribution < 1.29 is 9.53 Å². The lowest BCUT2D eigenvalue weighted by Gasteiger charge is -2.16. The number of imidazole rings is 1. The highest BCUT2D eigenvalue weighted by molar-refractivity contribution is 6.30. The van der Waals surface area contributed by atoms with Gasteiger partial charge in [-0.3, -0.25) is 4.79 Å². The number of esters is 1. The molecule has 3 N–H and O–H groups in total. The molecule has 10 heteroatoms. The number of nitrogens with zero attached hydrogens (tertiary/aromatic N) is 5. The Balaban J connectivity index is 1.56. The van der Waals surface area contributed by atoms with Gasteiger partial charge in [-0.1, -0.05) is 87.3 Å². The van der Waals surface area contributed by atoms with E-state index in [-0.39, 0.29) is 6.61 Å². The summed E-state index contributed by atoms with van der Waals surface area (Å²) in [6, 6.07) is 15.6. The van der Waals surface area contributed by atoms with E-state index in [9.17, 15) is 4.79 Å². The van der Waals surface area contributed by atoms with E-state index in [0.29, 0.717) is 35.6 Å². The third kappa shape index (κ3) is 6.65. The zero-order chi connectivity index (χ0) is 27.1. The minimum Gasteiger partial charge on any atom is -0.458 e. The van der Waals surface area contributed by atoms with Gasteiger partial charge in [-0.2, -0.15) is 5.21 Å². The molecule has 0 radical (unpaired) electrons. The number of rotatable bonds is 12. The average Bonchev–Trinajstić information content (AvgIpc) is 3.54. The minimum atomic E-state index is -0.660. The van der Waals surface area contributed by atoms with Gasteiger partial charge in [-0.05, 0) is 40.7 Å². The fourth-order valence-corrected chi connectivity index (χ4v) is 4.64. The molecule has 2 aromatic carbocycles. The van der Waals surface area contributed by atoms with Crippen molar-refractivity contribution in [3.63, 3.8) is 0 Å². The maximum Gasteiger partial charge on any atom is 0.323 e. The van der Waals surface area contributed by atoms with Gasteiger partial charge >= 0.3 is 5.97 Å². The molecular weight excluding hydrogens is 502 g/mol. The lowest BCUT2D eigenvalue weighted by atomic mass is 9.98. The number of aromatic nitrogens is 6. The van der Waals surface area contributed by atoms with Crippen LogP contribution in [0, 0.1) is 5.92 Å². The SMILES string of the molecule is CCCCc1nc(Cl)c(COC(=O)C(N)CC(C)C)n1Cc1ccc(-c2ccccc2-c2nn[nH]n2)cc1. The van der Waals surface area contributed by atoms with Crippen molar-refractivity contribution in [2.75, 3.05) is 0 Å². The van der Waals surface area contributed by atoms with Gasteiger partial charge in [0.1, 0.15) is 18.5 Å². The van der Waals surface area contributed by atoms with Crippen molar-refractivity contribution in [1.29, 1.82) is 0 Å². The quantitative estimate of drug-likeness (QED) is 0.239. The van der Waals surface area contributed by atoms with Crippen molar-refractivity contribution in [3.05, 3.63) is 70.8 Å². The van der Waals surface area contributed by atoms with Crippen LogP contribution in [0.15, 0.2) is 48.5 Å². The third-order valence-electron chi connectivity index (χ3n) is 6.35. The van der Waals surface area contributed by atoms with E-state index in [2.05, 4.69) is 61.4 Å². The van der Waals surface area contributed by atoms with Crippen LogP contribution in [0.3, 0.4) is 0 Å². The zero-order valence-corrected chi connectivity index (χ0v) is 22.8. The predicted molar refractivity (Wildman–Crippen MR) is 147 cm³/mol. The summed E-state index contributed by atoms with van der Waals surface area (Å²) in [5, 5.41) is 14.8. The fourth-order valence-electron chi connectivity index (χ4n) is 4.38. The molecule has 0 saturated carbocycles. The fraction of sp³-hybridized carbons (Fsp3) is 0.393. The molecule has 1 atom stereocenters. The Morgan fingerprint density at radius 2 is 1.87 bits per heavy atom. The van der Waals surface area contributed by atoms with Crippen LogP contribution in [0.25, 0.3) is 22.5 Å². The topological polar surface area (TPSA) is 125 Å². The van der Waals surface area contributed by atoms with Gasteiger partial charge in [-0.15, -0.1) is 10.2 Å². The number of halogens is 1. The summed E-state index contributed by atoms with van der Waals surface area (Å²) in [5.41, 5.74) is 10.7. The Bertz CT molecular complexity index is 1330. The number of nitrogens with two attached hydrogens (primary N) is 1. The van der Waals surface area contributed by atoms with Crippen molar-refractivity contribution in [2.24, 2.45) is 11.7 Å². The lowest BCUT2D eigenvalue weighted by molar-refractivity contribution is -0.147. The molecule has 0 aliphatic heterocycles. The molecule has 0 fully saturated rings. The Labute approximate surface area is 227 Å². The standard InChI is InChI=1S/C28H34ClN7O2/c1-4-5-10-25-31-26(29)24(17-38-28(37)23(30)15-18(2)3)36(25)16-19-11-13-20(14-12-19)21-8-6-7-9-22(21)27-32-34-35-33-27/h6-9,11-14,18,23H,4-5,10,15-17,30H2,1-3H3,(H,32,33,34,35). The number of unbranched alkanes of at least 4 members (excludes halogenated alkanes) is 1. The molecular formula is C28H34ClN7O2. The number of carbonyl (C=O) groups excluding carboxylic acids is 1. The van der Waals surface area contributed by atoms with Crippen molar-refractivity contribution in [2.45, 2.75) is 65.6 Å². The first-order valence-electron chi connectivity index (χ1n) is 13.0. The van der Waals surface area contributed by atoms with E-state index in [1.807, 2.05) is 38.1 Å². The van der Waals surface area contributed by atoms with Crippen LogP contribution in [0.2, 0.25) is 5.15 Å². The molecule has 4 aromatic rings. The lowest BCUT2D eigenvalue weighted by Crippen LogP contribution is -2.33. The molecule has 0 amide bonds. The Morgan fingerprint density at radius 1 is 1.13 bits per heavy atom. The number of carbonyl (C=O) groups is 1. The van der Waals surface area contributed by atoms with E-state index < -0.39 is 12.0 Å². The molecule has 0 aliphatic carbocycles. The van der Waals surface area contributed by atoms with Gasteiger partial charge in [0.25, 0.3) is 0 Å². The Hall–Kier alpha value is -3.56. The number of tetrazole rings is 1. The van der Waals surface area contributed by atoms with E-state index in [0.717, 1.165) is 47.3 Å². The number of hydrogen-bond donors (Lipinski definition) is 2. The zero-order valence-electron chi connectivity index (χ0n) is 22.0. The first-order chi connectivity index (χ1) is 18.4. The summed E-state index contributed by atoms with van der Waals surface area (Å²) in [6.45, 7) is 6.76. The molecule has 0 aliphatic rings. The van der Waals surface area contributed by atoms with Gasteiger partial charge in [0.05, 0.1) is 5.69 Å². The van der Waals surface area contributed by atoms with E-state index in [1.165, 1.54) is 0 Å². The van der Waals surface area contributed by atoms with Crippen LogP contribution in [0.4, 0.5) is 0 Å². The van der Waals surface area contributed by atoms with Crippen LogP contribution < -0.4 is 5.73 Å². The van der Waals surface area contributed by atoms with E-state index in [4.69, 9.17) is 22.1 Å². The van der Waals surface area contributed by atoms with Crippen LogP contribution in [0.1, 0.15) is 57.1 Å². The monoisotopic (exact) mass is 535 g/mol. The van der Waals surface area contributed by atoms with Gasteiger partial charge in [0.15, 0.2) is 5.15 Å². The molecule has 2 aromatic heterocycles. The minimum absolute atomic E-state index is 0.0265. The van der Waals surface area contributed by atoms with E-state index >= 15 is 0 Å². The van der Waals surface area contributed by atoms with Crippen molar-refractivity contribution in [1.82, 2.24) is 30.2 Å². The maximum atomic E-state index is 12.5. The summed E-state index contributed by atoms with van der Waals surface area (Å²) in [6.07, 6.45) is 3.37. The normalized spacial score (nSPS) is 12.2. The second-order valence-electron chi connectivity index (χ2n) is 9.78. The first-order valence-corrected chi connectivity index (χ1v) is 13.3. The molecule has 2 heterocycles. The van der Waals surface area contributed by atoms with Crippen LogP contribution in [-0.4, -0.2) is 42.2 Å². The van der Waals surface area contributed by atoms with Crippen molar-refractivity contribution >= 4 is 17.6 Å². The average molecular weight is 536 g/mol. The second-order valence-corrected chi connectivity index (χ2v) is 10.1. The Kier molecular flexibility index (Phi) is 9.25. The highest BCUT2D eigenvalue weighted by atomic mass is 35.5. The molecule has 4 rings (SSSR count). The van der Waals surface area contributed by atoms with Crippen molar-refractivity contribution in [3.8, 4) is 22.5 Å². The molecule has 1 unspecified atom stereocenters. The number of H-pyrrole nitrogens is 1. The largest absolute Gasteiger partial charge is 0.458 e. The van der Waals surface area contributed by atoms with E-state index in [1.54, 1.807) is 0 Å². The number of nitrogens with one attached hydrogen (secondary N) is 1. The molecule has 200 valence electrons. The van der Waals surface area contributed by atoms with Crippen LogP contribution >= 0.6 is 11.6 Å². The summed E-state index contributed by atoms with van der Waals surface area (Å²) < 4.78 is 7.62. The number of benzene rings is 2. The molecule has 0 saturated heterocycles. The highest BCUT2D eigenvalue weighted by Gasteiger charge is 2.21. The third-order valence-corrected chi connectivity index (χ3v) is 6.66. The second kappa shape index (κ2) is 12.8. The smallest absolute Gasteiger partial charge is 0.323 e. The predicted octanol–water partition coefficient (Wildman–Crippen LogP) is 5.19. The summed E-state index contributed by atoms with van der Waals surface area (Å²) in [7, 11) is 0. The molecule has 38 heavy (non-hydrogen) atoms. The van der Waals surface area contributed by atoms with Gasteiger partial charge < -0.3 is 15.0 Å². The molecule has 9 nitrogen and oxygen atoms in total. The number of aromatic amines is 1. The molecule has 0 bridgehead atoms. The highest BCUT2D eigenvalue weighted by Crippen LogP contribution is 2.30. The Morgan fingerprint density at radius 3 is 2.53 bits per heavy atom. The molecule has 0 spiro atoms. The summed E-state index contributed by atoms with van der Waals surface area (Å²) in [5.74, 6) is 1.29. The van der Waals surface area contributed by atoms with Gasteiger partial charge in [0, 0.05) is 18.5 Å². The van der Waals surface area contributed by atoms with Gasteiger partial charge in [0.2, 0.25) is 5.82 Å². The number of aryl methyl sites for hydroxylation is 1. The number of ether oxygens (including phenoxy) is 1. The maximum absolute atomic E-state index is 12.5. The first kappa shape index (κ1) is 27.5.